The van der Waals surface area contributed by atoms with E-state index in [1.807, 2.05) is 30.4 Å². The Balaban J connectivity index is 1.71. The van der Waals surface area contributed by atoms with Gasteiger partial charge in [0, 0.05) is 26.1 Å². The first-order valence-corrected chi connectivity index (χ1v) is 10.5. The highest BCUT2D eigenvalue weighted by Crippen LogP contribution is 2.40. The lowest BCUT2D eigenvalue weighted by Gasteiger charge is -2.12. The molecule has 6 heteroatoms. The average molecular weight is 395 g/mol. The molecule has 0 N–H and O–H groups in total. The first kappa shape index (κ1) is 16.6. The quantitative estimate of drug-likeness (QED) is 0.375. The molecule has 0 saturated heterocycles. The van der Waals surface area contributed by atoms with Crippen molar-refractivity contribution in [3.63, 3.8) is 0 Å². The molecule has 0 amide bonds. The molecule has 0 fully saturated rings. The fourth-order valence-electron chi connectivity index (χ4n) is 3.11. The first-order valence-electron chi connectivity index (χ1n) is 7.97. The molecule has 0 unspecified atom stereocenters. The van der Waals surface area contributed by atoms with E-state index < -0.39 is 0 Å². The SMILES string of the molecule is Cc1nc(SCc2ccc(Cl)cc2Cl)c2c3c(sc2n1)CCCC3. The summed E-state index contributed by atoms with van der Waals surface area (Å²) < 4.78 is 0. The third-order valence-corrected chi connectivity index (χ3v) is 7.07. The van der Waals surface area contributed by atoms with Gasteiger partial charge in [0.15, 0.2) is 0 Å². The second kappa shape index (κ2) is 6.83. The summed E-state index contributed by atoms with van der Waals surface area (Å²) in [4.78, 5) is 12.0. The van der Waals surface area contributed by atoms with E-state index in [1.54, 1.807) is 17.8 Å². The van der Waals surface area contributed by atoms with Crippen molar-refractivity contribution in [3.05, 3.63) is 50.1 Å². The molecule has 124 valence electrons. The van der Waals surface area contributed by atoms with Crippen molar-refractivity contribution in [1.29, 1.82) is 0 Å². The van der Waals surface area contributed by atoms with Gasteiger partial charge in [-0.1, -0.05) is 29.3 Å². The maximum atomic E-state index is 6.31. The Labute approximate surface area is 159 Å². The number of hydrogen-bond donors (Lipinski definition) is 0. The molecule has 4 rings (SSSR count). The molecular weight excluding hydrogens is 379 g/mol. The van der Waals surface area contributed by atoms with Gasteiger partial charge in [-0.2, -0.15) is 0 Å². The van der Waals surface area contributed by atoms with Crippen LogP contribution in [-0.2, 0) is 18.6 Å². The molecule has 3 aromatic rings. The van der Waals surface area contributed by atoms with Gasteiger partial charge in [-0.3, -0.25) is 0 Å². The minimum atomic E-state index is 0.668. The third kappa shape index (κ3) is 3.17. The Morgan fingerprint density at radius 2 is 2.00 bits per heavy atom. The molecule has 2 nitrogen and oxygen atoms in total. The summed E-state index contributed by atoms with van der Waals surface area (Å²) in [5, 5.41) is 3.74. The number of thioether (sulfide) groups is 1. The smallest absolute Gasteiger partial charge is 0.128 e. The normalized spacial score (nSPS) is 14.1. The number of rotatable bonds is 3. The van der Waals surface area contributed by atoms with Crippen LogP contribution in [-0.4, -0.2) is 9.97 Å². The lowest BCUT2D eigenvalue weighted by atomic mass is 9.97. The van der Waals surface area contributed by atoms with Crippen molar-refractivity contribution in [2.24, 2.45) is 0 Å². The van der Waals surface area contributed by atoms with E-state index in [9.17, 15) is 0 Å². The van der Waals surface area contributed by atoms with E-state index in [-0.39, 0.29) is 0 Å². The van der Waals surface area contributed by atoms with Crippen LogP contribution in [0.4, 0.5) is 0 Å². The highest BCUT2D eigenvalue weighted by Gasteiger charge is 2.21. The molecule has 0 aliphatic heterocycles. The van der Waals surface area contributed by atoms with Crippen molar-refractivity contribution in [2.75, 3.05) is 0 Å². The summed E-state index contributed by atoms with van der Waals surface area (Å²) in [6.45, 7) is 1.97. The number of hydrogen-bond acceptors (Lipinski definition) is 4. The molecule has 0 radical (unpaired) electrons. The lowest BCUT2D eigenvalue weighted by Crippen LogP contribution is -1.99. The summed E-state index contributed by atoms with van der Waals surface area (Å²) in [6.07, 6.45) is 4.88. The lowest BCUT2D eigenvalue weighted by molar-refractivity contribution is 0.699. The molecule has 2 heterocycles. The fourth-order valence-corrected chi connectivity index (χ4v) is 6.15. The van der Waals surface area contributed by atoms with E-state index in [2.05, 4.69) is 4.98 Å². The van der Waals surface area contributed by atoms with Crippen LogP contribution in [0.1, 0.15) is 34.7 Å². The molecule has 0 saturated carbocycles. The summed E-state index contributed by atoms with van der Waals surface area (Å²) in [6, 6.07) is 5.68. The summed E-state index contributed by atoms with van der Waals surface area (Å²) >= 11 is 15.9. The minimum Gasteiger partial charge on any atom is -0.226 e. The second-order valence-electron chi connectivity index (χ2n) is 5.99. The monoisotopic (exact) mass is 394 g/mol. The molecule has 2 aromatic heterocycles. The predicted molar refractivity (Wildman–Crippen MR) is 105 cm³/mol. The van der Waals surface area contributed by atoms with Gasteiger partial charge in [0.25, 0.3) is 0 Å². The van der Waals surface area contributed by atoms with Crippen LogP contribution in [0.5, 0.6) is 0 Å². The zero-order chi connectivity index (χ0) is 16.7. The fraction of sp³-hybridized carbons (Fsp3) is 0.333. The number of aryl methyl sites for hydroxylation is 3. The maximum absolute atomic E-state index is 6.31. The highest BCUT2D eigenvalue weighted by atomic mass is 35.5. The summed E-state index contributed by atoms with van der Waals surface area (Å²) in [7, 11) is 0. The standard InChI is InChI=1S/C18H16Cl2N2S2/c1-10-21-17(23-9-11-6-7-12(19)8-14(11)20)16-13-4-2-3-5-15(13)24-18(16)22-10/h6-8H,2-5,9H2,1H3. The van der Waals surface area contributed by atoms with E-state index in [4.69, 9.17) is 28.2 Å². The summed E-state index contributed by atoms with van der Waals surface area (Å²) in [5.74, 6) is 1.62. The average Bonchev–Trinajstić information content (AvgIpc) is 2.91. The Morgan fingerprint density at radius 1 is 1.17 bits per heavy atom. The number of benzene rings is 1. The minimum absolute atomic E-state index is 0.668. The van der Waals surface area contributed by atoms with Crippen LogP contribution in [0, 0.1) is 6.92 Å². The number of aromatic nitrogens is 2. The molecular formula is C18H16Cl2N2S2. The Kier molecular flexibility index (Phi) is 4.74. The molecule has 24 heavy (non-hydrogen) atoms. The third-order valence-electron chi connectivity index (χ3n) is 4.27. The van der Waals surface area contributed by atoms with E-state index in [0.717, 1.165) is 33.4 Å². The van der Waals surface area contributed by atoms with Gasteiger partial charge in [0.2, 0.25) is 0 Å². The molecule has 0 spiro atoms. The largest absolute Gasteiger partial charge is 0.226 e. The predicted octanol–water partition coefficient (Wildman–Crippen LogP) is 6.48. The van der Waals surface area contributed by atoms with Gasteiger partial charge in [0.05, 0.1) is 0 Å². The van der Waals surface area contributed by atoms with Gasteiger partial charge < -0.3 is 0 Å². The van der Waals surface area contributed by atoms with Crippen molar-refractivity contribution in [1.82, 2.24) is 9.97 Å². The van der Waals surface area contributed by atoms with Crippen molar-refractivity contribution in [2.45, 2.75) is 43.4 Å². The van der Waals surface area contributed by atoms with E-state index >= 15 is 0 Å². The van der Waals surface area contributed by atoms with Gasteiger partial charge in [-0.25, -0.2) is 9.97 Å². The zero-order valence-corrected chi connectivity index (χ0v) is 16.4. The first-order chi connectivity index (χ1) is 11.6. The van der Waals surface area contributed by atoms with Crippen LogP contribution >= 0.6 is 46.3 Å². The Hall–Kier alpha value is -0.810. The number of nitrogens with zero attached hydrogens (tertiary/aromatic N) is 2. The Bertz CT molecular complexity index is 921. The molecule has 1 aromatic carbocycles. The molecule has 0 bridgehead atoms. The second-order valence-corrected chi connectivity index (χ2v) is 8.88. The van der Waals surface area contributed by atoms with Crippen LogP contribution < -0.4 is 0 Å². The van der Waals surface area contributed by atoms with Gasteiger partial charge in [-0.15, -0.1) is 23.1 Å². The van der Waals surface area contributed by atoms with Gasteiger partial charge in [0.1, 0.15) is 15.7 Å². The maximum Gasteiger partial charge on any atom is 0.128 e. The number of halogens is 2. The number of thiophene rings is 1. The van der Waals surface area contributed by atoms with Crippen LogP contribution in [0.25, 0.3) is 10.2 Å². The van der Waals surface area contributed by atoms with Crippen LogP contribution in [0.15, 0.2) is 23.2 Å². The van der Waals surface area contributed by atoms with Gasteiger partial charge >= 0.3 is 0 Å². The van der Waals surface area contributed by atoms with E-state index in [0.29, 0.717) is 10.0 Å². The summed E-state index contributed by atoms with van der Waals surface area (Å²) in [5.41, 5.74) is 2.56. The molecule has 1 aliphatic carbocycles. The molecule has 1 aliphatic rings. The van der Waals surface area contributed by atoms with Crippen LogP contribution in [0.2, 0.25) is 10.0 Å². The topological polar surface area (TPSA) is 25.8 Å². The van der Waals surface area contributed by atoms with Crippen molar-refractivity contribution in [3.8, 4) is 0 Å². The zero-order valence-electron chi connectivity index (χ0n) is 13.2. The van der Waals surface area contributed by atoms with E-state index in [1.165, 1.54) is 35.1 Å². The van der Waals surface area contributed by atoms with Gasteiger partial charge in [-0.05, 0) is 55.9 Å². The molecule has 0 atom stereocenters. The highest BCUT2D eigenvalue weighted by molar-refractivity contribution is 7.98. The van der Waals surface area contributed by atoms with Crippen LogP contribution in [0.3, 0.4) is 0 Å². The van der Waals surface area contributed by atoms with Crippen molar-refractivity contribution < 1.29 is 0 Å². The Morgan fingerprint density at radius 3 is 2.83 bits per heavy atom. The number of fused-ring (bicyclic) bond motifs is 3. The van der Waals surface area contributed by atoms with Crippen molar-refractivity contribution >= 4 is 56.5 Å².